The summed E-state index contributed by atoms with van der Waals surface area (Å²) in [4.78, 5) is 11.3. The minimum absolute atomic E-state index is 0.534. The van der Waals surface area contributed by atoms with Crippen molar-refractivity contribution in [2.75, 3.05) is 0 Å². The van der Waals surface area contributed by atoms with Crippen molar-refractivity contribution >= 4 is 23.1 Å². The van der Waals surface area contributed by atoms with Gasteiger partial charge in [-0.2, -0.15) is 4.99 Å². The molecule has 136 valence electrons. The summed E-state index contributed by atoms with van der Waals surface area (Å²) < 4.78 is 0. The van der Waals surface area contributed by atoms with Crippen LogP contribution in [-0.4, -0.2) is 16.7 Å². The molecule has 5 nitrogen and oxygen atoms in total. The maximum Gasteiger partial charge on any atom is 0.273 e. The van der Waals surface area contributed by atoms with E-state index in [4.69, 9.17) is 4.84 Å². The number of hydrogen-bond donors (Lipinski definition) is 2. The van der Waals surface area contributed by atoms with Crippen molar-refractivity contribution in [2.24, 2.45) is 4.99 Å². The van der Waals surface area contributed by atoms with E-state index in [0.717, 1.165) is 28.4 Å². The molecule has 0 saturated carbocycles. The first-order valence-corrected chi connectivity index (χ1v) is 9.67. The Kier molecular flexibility index (Phi) is 4.64. The molecule has 2 aliphatic rings. The van der Waals surface area contributed by atoms with Crippen molar-refractivity contribution in [3.05, 3.63) is 88.6 Å². The lowest BCUT2D eigenvalue weighted by Crippen LogP contribution is -2.30. The van der Waals surface area contributed by atoms with Gasteiger partial charge in [0.05, 0.1) is 6.54 Å². The van der Waals surface area contributed by atoms with Crippen molar-refractivity contribution < 1.29 is 4.84 Å². The molecule has 0 atom stereocenters. The molecule has 0 unspecified atom stereocenters. The average Bonchev–Trinajstić information content (AvgIpc) is 3.31. The molecule has 27 heavy (non-hydrogen) atoms. The van der Waals surface area contributed by atoms with Crippen LogP contribution in [0, 0.1) is 6.92 Å². The first kappa shape index (κ1) is 17.3. The van der Waals surface area contributed by atoms with Gasteiger partial charge in [0.1, 0.15) is 5.70 Å². The highest BCUT2D eigenvalue weighted by atomic mass is 32.1. The van der Waals surface area contributed by atoms with Crippen LogP contribution in [0.25, 0.3) is 0 Å². The monoisotopic (exact) mass is 377 g/mol. The van der Waals surface area contributed by atoms with Gasteiger partial charge < -0.3 is 4.84 Å². The van der Waals surface area contributed by atoms with Crippen LogP contribution in [0.4, 0.5) is 0 Å². The summed E-state index contributed by atoms with van der Waals surface area (Å²) in [6.07, 6.45) is 2.04. The van der Waals surface area contributed by atoms with Crippen molar-refractivity contribution in [1.29, 1.82) is 0 Å². The zero-order valence-electron chi connectivity index (χ0n) is 15.3. The third kappa shape index (κ3) is 3.71. The Morgan fingerprint density at radius 1 is 1.07 bits per heavy atom. The van der Waals surface area contributed by atoms with E-state index in [9.17, 15) is 0 Å². The number of nitrogens with zero attached hydrogens (tertiary/aromatic N) is 2. The van der Waals surface area contributed by atoms with Crippen molar-refractivity contribution in [3.63, 3.8) is 0 Å². The largest absolute Gasteiger partial charge is 0.358 e. The molecule has 2 N–H and O–H groups in total. The first-order chi connectivity index (χ1) is 13.1. The van der Waals surface area contributed by atoms with E-state index < -0.39 is 0 Å². The van der Waals surface area contributed by atoms with Gasteiger partial charge in [0, 0.05) is 23.4 Å². The summed E-state index contributed by atoms with van der Waals surface area (Å²) >= 11 is 1.47. The summed E-state index contributed by atoms with van der Waals surface area (Å²) in [6, 6.07) is 16.6. The smallest absolute Gasteiger partial charge is 0.273 e. The van der Waals surface area contributed by atoms with Crippen LogP contribution in [-0.2, 0) is 22.7 Å². The Labute approximate surface area is 163 Å². The van der Waals surface area contributed by atoms with Gasteiger partial charge in [0.25, 0.3) is 5.88 Å². The Morgan fingerprint density at radius 2 is 1.81 bits per heavy atom. The van der Waals surface area contributed by atoms with Gasteiger partial charge in [-0.15, -0.1) is 0 Å². The molecular formula is C21H21N4OS+. The van der Waals surface area contributed by atoms with E-state index in [-0.39, 0.29) is 0 Å². The quantitative estimate of drug-likeness (QED) is 0.634. The number of rotatable bonds is 4. The standard InChI is InChI=1S/C21H21N4OS/c1-14-4-6-16(7-5-14)13-25-15(2)12-19(23-25)21-22-20(24-26-21)17-8-10-18(27-3)11-9-17/h4-12,23H,3,13H2,1-2H3,(H,22,24)/q+1/b21-19-. The summed E-state index contributed by atoms with van der Waals surface area (Å²) in [5.74, 6) is 5.05. The summed E-state index contributed by atoms with van der Waals surface area (Å²) in [6.45, 7) is 4.93. The molecular weight excluding hydrogens is 356 g/mol. The second-order valence-corrected chi connectivity index (χ2v) is 7.28. The third-order valence-corrected chi connectivity index (χ3v) is 5.08. The molecule has 0 saturated heterocycles. The number of aliphatic imine (C=N–C) groups is 1. The van der Waals surface area contributed by atoms with Crippen molar-refractivity contribution in [1.82, 2.24) is 15.9 Å². The van der Waals surface area contributed by atoms with Crippen molar-refractivity contribution in [2.45, 2.75) is 25.3 Å². The van der Waals surface area contributed by atoms with E-state index in [0.29, 0.717) is 11.7 Å². The maximum absolute atomic E-state index is 5.60. The van der Waals surface area contributed by atoms with Crippen LogP contribution in [0.3, 0.4) is 0 Å². The number of benzene rings is 2. The van der Waals surface area contributed by atoms with Crippen LogP contribution in [0.5, 0.6) is 0 Å². The number of allylic oxidation sites excluding steroid dienone is 2. The van der Waals surface area contributed by atoms with Crippen LogP contribution >= 0.6 is 0 Å². The molecule has 2 aromatic carbocycles. The SMILES string of the molecule is C=[S+]c1ccc(C2=N/C(=C3\C=C(C)N(Cc4ccc(C)cc4)N3)ON2)cc1. The highest BCUT2D eigenvalue weighted by molar-refractivity contribution is 7.76. The Hall–Kier alpha value is -3.12. The molecule has 0 amide bonds. The van der Waals surface area contributed by atoms with Gasteiger partial charge in [0.15, 0.2) is 11.7 Å². The Bertz CT molecular complexity index is 959. The fourth-order valence-corrected chi connectivity index (χ4v) is 3.22. The molecule has 2 aromatic rings. The molecule has 0 radical (unpaired) electrons. The van der Waals surface area contributed by atoms with Crippen LogP contribution in [0.2, 0.25) is 0 Å². The van der Waals surface area contributed by atoms with E-state index in [2.05, 4.69) is 64.9 Å². The molecule has 0 aliphatic carbocycles. The second-order valence-electron chi connectivity index (χ2n) is 6.52. The Balaban J connectivity index is 1.51. The maximum atomic E-state index is 5.60. The van der Waals surface area contributed by atoms with Gasteiger partial charge in [0.2, 0.25) is 16.2 Å². The van der Waals surface area contributed by atoms with Gasteiger partial charge in [-0.05, 0) is 37.6 Å². The lowest BCUT2D eigenvalue weighted by Gasteiger charge is -2.21. The topological polar surface area (TPSA) is 48.9 Å². The zero-order chi connectivity index (χ0) is 18.8. The van der Waals surface area contributed by atoms with E-state index in [1.807, 2.05) is 30.3 Å². The van der Waals surface area contributed by atoms with Crippen LogP contribution in [0.15, 0.2) is 81.8 Å². The number of hydrazine groups is 1. The van der Waals surface area contributed by atoms with Crippen LogP contribution < -0.4 is 10.9 Å². The minimum Gasteiger partial charge on any atom is -0.358 e. The molecule has 2 aliphatic heterocycles. The third-order valence-electron chi connectivity index (χ3n) is 4.48. The first-order valence-electron chi connectivity index (χ1n) is 8.69. The predicted octanol–water partition coefficient (Wildman–Crippen LogP) is 3.24. The molecule has 6 heteroatoms. The molecule has 0 fully saturated rings. The average molecular weight is 377 g/mol. The van der Waals surface area contributed by atoms with Gasteiger partial charge >= 0.3 is 0 Å². The van der Waals surface area contributed by atoms with E-state index in [1.54, 1.807) is 0 Å². The fourth-order valence-electron chi connectivity index (χ4n) is 2.89. The van der Waals surface area contributed by atoms with Crippen molar-refractivity contribution in [3.8, 4) is 0 Å². The second kappa shape index (κ2) is 7.25. The lowest BCUT2D eigenvalue weighted by molar-refractivity contribution is 0.169. The zero-order valence-corrected chi connectivity index (χ0v) is 16.1. The molecule has 2 heterocycles. The van der Waals surface area contributed by atoms with E-state index in [1.165, 1.54) is 22.5 Å². The predicted molar refractivity (Wildman–Crippen MR) is 111 cm³/mol. The summed E-state index contributed by atoms with van der Waals surface area (Å²) in [7, 11) is 0. The number of hydroxylamine groups is 1. The highest BCUT2D eigenvalue weighted by Crippen LogP contribution is 2.23. The van der Waals surface area contributed by atoms with Gasteiger partial charge in [-0.3, -0.25) is 10.4 Å². The van der Waals surface area contributed by atoms with Crippen LogP contribution in [0.1, 0.15) is 23.6 Å². The molecule has 0 aromatic heterocycles. The minimum atomic E-state index is 0.534. The normalized spacial score (nSPS) is 18.4. The fraction of sp³-hybridized carbons (Fsp3) is 0.143. The summed E-state index contributed by atoms with van der Waals surface area (Å²) in [5.41, 5.74) is 11.7. The number of aryl methyl sites for hydroxylation is 1. The summed E-state index contributed by atoms with van der Waals surface area (Å²) in [5, 5.41) is 2.09. The van der Waals surface area contributed by atoms with Gasteiger partial charge in [-0.25, -0.2) is 5.48 Å². The lowest BCUT2D eigenvalue weighted by atomic mass is 10.1. The number of hydrogen-bond acceptors (Lipinski definition) is 5. The number of nitrogens with one attached hydrogen (secondary N) is 2. The highest BCUT2D eigenvalue weighted by Gasteiger charge is 2.23. The van der Waals surface area contributed by atoms with Gasteiger partial charge in [-0.1, -0.05) is 29.8 Å². The number of amidine groups is 1. The molecule has 0 spiro atoms. The van der Waals surface area contributed by atoms with E-state index >= 15 is 0 Å². The molecule has 0 bridgehead atoms. The Morgan fingerprint density at radius 3 is 2.52 bits per heavy atom. The molecule has 4 rings (SSSR count).